The largest absolute Gasteiger partial charge is 0.495 e. The van der Waals surface area contributed by atoms with Gasteiger partial charge in [-0.3, -0.25) is 10.1 Å². The molecule has 0 atom stereocenters. The number of rotatable bonds is 5. The van der Waals surface area contributed by atoms with Crippen LogP contribution in [0.15, 0.2) is 24.4 Å². The molecule has 1 N–H and O–H groups in total. The van der Waals surface area contributed by atoms with Gasteiger partial charge in [-0.25, -0.2) is 4.98 Å². The first kappa shape index (κ1) is 13.6. The Morgan fingerprint density at radius 3 is 2.95 bits per heavy atom. The SMILES string of the molecule is COc1ccc([N+](=O)[O-])cc1NCc1ncc(Cl)s1. The molecule has 1 aromatic heterocycles. The highest BCUT2D eigenvalue weighted by molar-refractivity contribution is 7.15. The number of non-ortho nitro benzene ring substituents is 1. The maximum absolute atomic E-state index is 10.7. The van der Waals surface area contributed by atoms with Crippen molar-refractivity contribution in [2.75, 3.05) is 12.4 Å². The molecule has 1 heterocycles. The summed E-state index contributed by atoms with van der Waals surface area (Å²) >= 11 is 7.13. The Morgan fingerprint density at radius 1 is 1.58 bits per heavy atom. The molecule has 6 nitrogen and oxygen atoms in total. The summed E-state index contributed by atoms with van der Waals surface area (Å²) in [5, 5.41) is 14.6. The summed E-state index contributed by atoms with van der Waals surface area (Å²) in [5.41, 5.74) is 0.545. The molecular weight excluding hydrogens is 290 g/mol. The van der Waals surface area contributed by atoms with E-state index < -0.39 is 4.92 Å². The normalized spacial score (nSPS) is 10.2. The number of nitrogens with zero attached hydrogens (tertiary/aromatic N) is 2. The van der Waals surface area contributed by atoms with Gasteiger partial charge < -0.3 is 10.1 Å². The molecule has 8 heteroatoms. The highest BCUT2D eigenvalue weighted by Crippen LogP contribution is 2.29. The lowest BCUT2D eigenvalue weighted by molar-refractivity contribution is -0.384. The monoisotopic (exact) mass is 299 g/mol. The number of anilines is 1. The van der Waals surface area contributed by atoms with E-state index in [2.05, 4.69) is 10.3 Å². The second kappa shape index (κ2) is 5.85. The third-order valence-corrected chi connectivity index (χ3v) is 3.46. The Morgan fingerprint density at radius 2 is 2.37 bits per heavy atom. The van der Waals surface area contributed by atoms with Gasteiger partial charge in [0.05, 0.1) is 30.5 Å². The predicted octanol–water partition coefficient (Wildman–Crippen LogP) is 3.33. The van der Waals surface area contributed by atoms with Crippen molar-refractivity contribution in [1.29, 1.82) is 0 Å². The van der Waals surface area contributed by atoms with Crippen LogP contribution in [0.2, 0.25) is 4.34 Å². The van der Waals surface area contributed by atoms with E-state index in [0.717, 1.165) is 5.01 Å². The number of nitro benzene ring substituents is 1. The lowest BCUT2D eigenvalue weighted by Crippen LogP contribution is -2.01. The highest BCUT2D eigenvalue weighted by Gasteiger charge is 2.11. The Hall–Kier alpha value is -1.86. The molecule has 2 rings (SSSR count). The molecule has 0 amide bonds. The van der Waals surface area contributed by atoms with Gasteiger partial charge >= 0.3 is 0 Å². The van der Waals surface area contributed by atoms with Crippen molar-refractivity contribution < 1.29 is 9.66 Å². The highest BCUT2D eigenvalue weighted by atomic mass is 35.5. The second-order valence-electron chi connectivity index (χ2n) is 3.55. The average molecular weight is 300 g/mol. The minimum absolute atomic E-state index is 0.000436. The summed E-state index contributed by atoms with van der Waals surface area (Å²) in [7, 11) is 1.51. The molecule has 0 fully saturated rings. The second-order valence-corrected chi connectivity index (χ2v) is 5.30. The summed E-state index contributed by atoms with van der Waals surface area (Å²) in [4.78, 5) is 14.4. The molecule has 0 radical (unpaired) electrons. The van der Waals surface area contributed by atoms with E-state index in [0.29, 0.717) is 22.3 Å². The van der Waals surface area contributed by atoms with Crippen LogP contribution in [-0.4, -0.2) is 17.0 Å². The van der Waals surface area contributed by atoms with Crippen molar-refractivity contribution in [1.82, 2.24) is 4.98 Å². The van der Waals surface area contributed by atoms with Crippen molar-refractivity contribution in [2.45, 2.75) is 6.54 Å². The zero-order valence-electron chi connectivity index (χ0n) is 9.92. The lowest BCUT2D eigenvalue weighted by atomic mass is 10.2. The van der Waals surface area contributed by atoms with E-state index in [1.165, 1.54) is 30.6 Å². The standard InChI is InChI=1S/C11H10ClN3O3S/c1-18-9-3-2-7(15(16)17)4-8(9)13-6-11-14-5-10(12)19-11/h2-5,13H,6H2,1H3. The average Bonchev–Trinajstić information content (AvgIpc) is 2.81. The molecule has 0 saturated carbocycles. The zero-order valence-corrected chi connectivity index (χ0v) is 11.5. The molecule has 0 aliphatic heterocycles. The summed E-state index contributed by atoms with van der Waals surface area (Å²) in [6.45, 7) is 0.426. The van der Waals surface area contributed by atoms with Gasteiger partial charge in [-0.05, 0) is 6.07 Å². The van der Waals surface area contributed by atoms with Crippen LogP contribution in [0, 0.1) is 10.1 Å². The van der Waals surface area contributed by atoms with E-state index in [9.17, 15) is 10.1 Å². The summed E-state index contributed by atoms with van der Waals surface area (Å²) in [6, 6.07) is 4.37. The van der Waals surface area contributed by atoms with Crippen molar-refractivity contribution in [2.24, 2.45) is 0 Å². The Balaban J connectivity index is 2.17. The number of nitro groups is 1. The van der Waals surface area contributed by atoms with E-state index >= 15 is 0 Å². The Bertz CT molecular complexity index is 603. The molecule has 0 bridgehead atoms. The molecule has 0 aliphatic carbocycles. The summed E-state index contributed by atoms with van der Waals surface area (Å²) in [5.74, 6) is 0.535. The number of thiazole rings is 1. The fourth-order valence-corrected chi connectivity index (χ4v) is 2.38. The number of ether oxygens (including phenoxy) is 1. The molecule has 0 aliphatic rings. The lowest BCUT2D eigenvalue weighted by Gasteiger charge is -2.09. The van der Waals surface area contributed by atoms with Crippen molar-refractivity contribution in [3.63, 3.8) is 0 Å². The number of benzene rings is 1. The zero-order chi connectivity index (χ0) is 13.8. The minimum atomic E-state index is -0.453. The van der Waals surface area contributed by atoms with Crippen LogP contribution < -0.4 is 10.1 Å². The van der Waals surface area contributed by atoms with Crippen molar-refractivity contribution >= 4 is 34.3 Å². The van der Waals surface area contributed by atoms with Gasteiger partial charge in [-0.2, -0.15) is 0 Å². The van der Waals surface area contributed by atoms with Crippen LogP contribution in [0.4, 0.5) is 11.4 Å². The predicted molar refractivity (Wildman–Crippen MR) is 74.1 cm³/mol. The molecule has 100 valence electrons. The van der Waals surface area contributed by atoms with Crippen LogP contribution >= 0.6 is 22.9 Å². The molecule has 0 saturated heterocycles. The first-order chi connectivity index (χ1) is 9.10. The maximum Gasteiger partial charge on any atom is 0.271 e. The number of methoxy groups -OCH3 is 1. The number of halogens is 1. The van der Waals surface area contributed by atoms with Gasteiger partial charge in [0.2, 0.25) is 0 Å². The molecular formula is C11H10ClN3O3S. The van der Waals surface area contributed by atoms with E-state index in [4.69, 9.17) is 16.3 Å². The van der Waals surface area contributed by atoms with Gasteiger partial charge in [0.15, 0.2) is 0 Å². The molecule has 1 aromatic carbocycles. The first-order valence-corrected chi connectivity index (χ1v) is 6.46. The van der Waals surface area contributed by atoms with E-state index in [1.54, 1.807) is 12.3 Å². The Labute approximate surface area is 118 Å². The van der Waals surface area contributed by atoms with Crippen LogP contribution in [0.25, 0.3) is 0 Å². The summed E-state index contributed by atoms with van der Waals surface area (Å²) < 4.78 is 5.75. The maximum atomic E-state index is 10.7. The first-order valence-electron chi connectivity index (χ1n) is 5.26. The van der Waals surface area contributed by atoms with Gasteiger partial charge in [0.1, 0.15) is 15.1 Å². The topological polar surface area (TPSA) is 77.3 Å². The van der Waals surface area contributed by atoms with Crippen molar-refractivity contribution in [3.05, 3.63) is 43.9 Å². The quantitative estimate of drug-likeness (QED) is 0.677. The number of aromatic nitrogens is 1. The minimum Gasteiger partial charge on any atom is -0.495 e. The van der Waals surface area contributed by atoms with Crippen molar-refractivity contribution in [3.8, 4) is 5.75 Å². The smallest absolute Gasteiger partial charge is 0.271 e. The van der Waals surface area contributed by atoms with Crippen LogP contribution in [0.3, 0.4) is 0 Å². The molecule has 2 aromatic rings. The van der Waals surface area contributed by atoms with Gasteiger partial charge in [-0.15, -0.1) is 11.3 Å². The number of hydrogen-bond acceptors (Lipinski definition) is 6. The number of nitrogens with one attached hydrogen (secondary N) is 1. The third kappa shape index (κ3) is 3.33. The van der Waals surface area contributed by atoms with Gasteiger partial charge in [0.25, 0.3) is 5.69 Å². The third-order valence-electron chi connectivity index (χ3n) is 2.35. The number of hydrogen-bond donors (Lipinski definition) is 1. The fourth-order valence-electron chi connectivity index (χ4n) is 1.49. The van der Waals surface area contributed by atoms with Gasteiger partial charge in [-0.1, -0.05) is 11.6 Å². The van der Waals surface area contributed by atoms with Crippen LogP contribution in [0.1, 0.15) is 5.01 Å². The van der Waals surface area contributed by atoms with Crippen LogP contribution in [0.5, 0.6) is 5.75 Å². The van der Waals surface area contributed by atoms with E-state index in [-0.39, 0.29) is 5.69 Å². The molecule has 0 unspecified atom stereocenters. The summed E-state index contributed by atoms with van der Waals surface area (Å²) in [6.07, 6.45) is 1.56. The van der Waals surface area contributed by atoms with E-state index in [1.807, 2.05) is 0 Å². The molecule has 0 spiro atoms. The van der Waals surface area contributed by atoms with Gasteiger partial charge in [0, 0.05) is 12.1 Å². The fraction of sp³-hybridized carbons (Fsp3) is 0.182. The molecule has 19 heavy (non-hydrogen) atoms. The Kier molecular flexibility index (Phi) is 4.18. The van der Waals surface area contributed by atoms with Crippen LogP contribution in [-0.2, 0) is 6.54 Å².